The molecule has 2 aromatic rings. The van der Waals surface area contributed by atoms with Crippen LogP contribution in [0.2, 0.25) is 0 Å². The second-order valence-electron chi connectivity index (χ2n) is 5.68. The van der Waals surface area contributed by atoms with Gasteiger partial charge in [-0.3, -0.25) is 15.0 Å². The lowest BCUT2D eigenvalue weighted by Gasteiger charge is -2.38. The monoisotopic (exact) mass is 348 g/mol. The number of piperazine rings is 1. The van der Waals surface area contributed by atoms with Gasteiger partial charge in [0.05, 0.1) is 18.1 Å². The molecular formula is C16H20N4O3S. The molecule has 8 heteroatoms. The number of aromatic nitrogens is 1. The van der Waals surface area contributed by atoms with Crippen molar-refractivity contribution in [2.75, 3.05) is 38.2 Å². The van der Waals surface area contributed by atoms with Crippen LogP contribution < -0.4 is 9.64 Å². The van der Waals surface area contributed by atoms with Gasteiger partial charge in [-0.25, -0.2) is 4.98 Å². The van der Waals surface area contributed by atoms with Crippen LogP contribution in [0.4, 0.5) is 11.4 Å². The molecular weight excluding hydrogens is 328 g/mol. The highest BCUT2D eigenvalue weighted by atomic mass is 32.1. The Morgan fingerprint density at radius 1 is 1.33 bits per heavy atom. The van der Waals surface area contributed by atoms with Crippen molar-refractivity contribution in [2.24, 2.45) is 0 Å². The summed E-state index contributed by atoms with van der Waals surface area (Å²) in [7, 11) is 1.46. The van der Waals surface area contributed by atoms with Gasteiger partial charge in [-0.15, -0.1) is 11.3 Å². The Hall–Kier alpha value is -2.19. The molecule has 0 radical (unpaired) electrons. The van der Waals surface area contributed by atoms with E-state index in [4.69, 9.17) is 4.74 Å². The van der Waals surface area contributed by atoms with Gasteiger partial charge in [-0.2, -0.15) is 0 Å². The zero-order valence-corrected chi connectivity index (χ0v) is 14.5. The molecule has 2 heterocycles. The number of benzene rings is 1. The Kier molecular flexibility index (Phi) is 4.96. The number of nitro groups is 1. The number of thiazole rings is 1. The lowest BCUT2D eigenvalue weighted by atomic mass is 10.2. The maximum Gasteiger partial charge on any atom is 0.311 e. The minimum atomic E-state index is -0.420. The number of hydrogen-bond donors (Lipinski definition) is 0. The summed E-state index contributed by atoms with van der Waals surface area (Å²) in [6.07, 6.45) is 1.84. The van der Waals surface area contributed by atoms with Crippen LogP contribution in [0.5, 0.6) is 5.75 Å². The normalized spacial score (nSPS) is 16.8. The first-order valence-corrected chi connectivity index (χ1v) is 8.69. The highest BCUT2D eigenvalue weighted by Crippen LogP contribution is 2.32. The van der Waals surface area contributed by atoms with Gasteiger partial charge in [0.15, 0.2) is 5.75 Å². The van der Waals surface area contributed by atoms with Crippen LogP contribution in [0, 0.1) is 10.1 Å². The van der Waals surface area contributed by atoms with Crippen LogP contribution in [0.25, 0.3) is 0 Å². The average Bonchev–Trinajstić information content (AvgIpc) is 3.15. The summed E-state index contributed by atoms with van der Waals surface area (Å²) in [6.45, 7) is 5.79. The molecule has 1 saturated heterocycles. The van der Waals surface area contributed by atoms with Crippen molar-refractivity contribution >= 4 is 22.7 Å². The van der Waals surface area contributed by atoms with Crippen LogP contribution in [0.1, 0.15) is 18.0 Å². The largest absolute Gasteiger partial charge is 0.490 e. The molecule has 0 amide bonds. The zero-order chi connectivity index (χ0) is 17.1. The summed E-state index contributed by atoms with van der Waals surface area (Å²) in [5.41, 5.74) is 0.955. The predicted molar refractivity (Wildman–Crippen MR) is 94.0 cm³/mol. The fraction of sp³-hybridized carbons (Fsp3) is 0.438. The van der Waals surface area contributed by atoms with E-state index in [0.717, 1.165) is 36.9 Å². The third-order valence-corrected chi connectivity index (χ3v) is 5.34. The molecule has 1 unspecified atom stereocenters. The molecule has 0 saturated carbocycles. The molecule has 1 aliphatic rings. The van der Waals surface area contributed by atoms with Gasteiger partial charge in [0.1, 0.15) is 5.01 Å². The van der Waals surface area contributed by atoms with E-state index in [0.29, 0.717) is 11.8 Å². The van der Waals surface area contributed by atoms with Crippen molar-refractivity contribution in [3.63, 3.8) is 0 Å². The van der Waals surface area contributed by atoms with E-state index in [-0.39, 0.29) is 5.69 Å². The molecule has 7 nitrogen and oxygen atoms in total. The number of rotatable bonds is 5. The van der Waals surface area contributed by atoms with E-state index < -0.39 is 4.92 Å². The Morgan fingerprint density at radius 3 is 2.67 bits per heavy atom. The average molecular weight is 348 g/mol. The maximum atomic E-state index is 11.0. The van der Waals surface area contributed by atoms with Gasteiger partial charge in [-0.05, 0) is 13.0 Å². The lowest BCUT2D eigenvalue weighted by molar-refractivity contribution is -0.385. The Bertz CT molecular complexity index is 699. The van der Waals surface area contributed by atoms with E-state index in [2.05, 4.69) is 21.7 Å². The number of hydrogen-bond acceptors (Lipinski definition) is 7. The van der Waals surface area contributed by atoms with Crippen molar-refractivity contribution in [1.29, 1.82) is 0 Å². The first-order valence-electron chi connectivity index (χ1n) is 7.81. The first-order chi connectivity index (χ1) is 11.6. The summed E-state index contributed by atoms with van der Waals surface area (Å²) in [5.74, 6) is 0.302. The van der Waals surface area contributed by atoms with E-state index in [1.54, 1.807) is 23.5 Å². The predicted octanol–water partition coefficient (Wildman–Crippen LogP) is 2.94. The van der Waals surface area contributed by atoms with Crippen LogP contribution in [0.3, 0.4) is 0 Å². The van der Waals surface area contributed by atoms with E-state index in [1.807, 2.05) is 11.6 Å². The van der Waals surface area contributed by atoms with Crippen LogP contribution in [0.15, 0.2) is 29.8 Å². The van der Waals surface area contributed by atoms with E-state index in [9.17, 15) is 10.1 Å². The molecule has 3 rings (SSSR count). The maximum absolute atomic E-state index is 11.0. The summed E-state index contributed by atoms with van der Waals surface area (Å²) in [6, 6.07) is 5.37. The third-order valence-electron chi connectivity index (χ3n) is 4.40. The highest BCUT2D eigenvalue weighted by Gasteiger charge is 2.24. The van der Waals surface area contributed by atoms with Crippen molar-refractivity contribution in [3.05, 3.63) is 44.9 Å². The van der Waals surface area contributed by atoms with Gasteiger partial charge >= 0.3 is 5.69 Å². The van der Waals surface area contributed by atoms with Gasteiger partial charge < -0.3 is 9.64 Å². The van der Waals surface area contributed by atoms with Crippen molar-refractivity contribution in [2.45, 2.75) is 13.0 Å². The fourth-order valence-electron chi connectivity index (χ4n) is 2.98. The zero-order valence-electron chi connectivity index (χ0n) is 13.7. The standard InChI is InChI=1S/C16H20N4O3S/c1-12(16-17-5-10-24-16)18-6-8-19(9-7-18)13-3-4-14(20(21)22)15(11-13)23-2/h3-5,10-12H,6-9H2,1-2H3. The number of nitro benzene ring substituents is 1. The molecule has 1 aromatic carbocycles. The smallest absolute Gasteiger partial charge is 0.311 e. The fourth-order valence-corrected chi connectivity index (χ4v) is 3.71. The number of anilines is 1. The Balaban J connectivity index is 1.67. The molecule has 0 aliphatic carbocycles. The second-order valence-corrected chi connectivity index (χ2v) is 6.61. The molecule has 24 heavy (non-hydrogen) atoms. The SMILES string of the molecule is COc1cc(N2CCN(C(C)c3nccs3)CC2)ccc1[N+](=O)[O-]. The van der Waals surface area contributed by atoms with Gasteiger partial charge in [0.2, 0.25) is 0 Å². The number of methoxy groups -OCH3 is 1. The Labute approximate surface area is 144 Å². The van der Waals surface area contributed by atoms with Crippen LogP contribution in [-0.4, -0.2) is 48.1 Å². The van der Waals surface area contributed by atoms with Crippen LogP contribution in [-0.2, 0) is 0 Å². The minimum Gasteiger partial charge on any atom is -0.490 e. The molecule has 1 fully saturated rings. The number of ether oxygens (including phenoxy) is 1. The summed E-state index contributed by atoms with van der Waals surface area (Å²) in [5, 5.41) is 14.1. The second kappa shape index (κ2) is 7.14. The first kappa shape index (κ1) is 16.7. The molecule has 1 atom stereocenters. The molecule has 128 valence electrons. The van der Waals surface area contributed by atoms with Gasteiger partial charge in [0.25, 0.3) is 0 Å². The Morgan fingerprint density at radius 2 is 2.08 bits per heavy atom. The summed E-state index contributed by atoms with van der Waals surface area (Å²) >= 11 is 1.68. The van der Waals surface area contributed by atoms with Crippen molar-refractivity contribution in [1.82, 2.24) is 9.88 Å². The van der Waals surface area contributed by atoms with Crippen LogP contribution >= 0.6 is 11.3 Å². The molecule has 1 aliphatic heterocycles. The van der Waals surface area contributed by atoms with E-state index in [1.165, 1.54) is 13.2 Å². The topological polar surface area (TPSA) is 71.7 Å². The van der Waals surface area contributed by atoms with Crippen molar-refractivity contribution < 1.29 is 9.66 Å². The summed E-state index contributed by atoms with van der Waals surface area (Å²) in [4.78, 5) is 19.6. The van der Waals surface area contributed by atoms with Gasteiger partial charge in [0, 0.05) is 55.6 Å². The quantitative estimate of drug-likeness (QED) is 0.611. The third kappa shape index (κ3) is 3.34. The molecule has 0 spiro atoms. The van der Waals surface area contributed by atoms with Crippen molar-refractivity contribution in [3.8, 4) is 5.75 Å². The highest BCUT2D eigenvalue weighted by molar-refractivity contribution is 7.09. The van der Waals surface area contributed by atoms with Gasteiger partial charge in [-0.1, -0.05) is 0 Å². The number of nitrogens with zero attached hydrogens (tertiary/aromatic N) is 4. The van der Waals surface area contributed by atoms with E-state index >= 15 is 0 Å². The molecule has 1 aromatic heterocycles. The minimum absolute atomic E-state index is 0.00252. The molecule has 0 N–H and O–H groups in total. The summed E-state index contributed by atoms with van der Waals surface area (Å²) < 4.78 is 5.16. The lowest BCUT2D eigenvalue weighted by Crippen LogP contribution is -2.47. The molecule has 0 bridgehead atoms.